The fraction of sp³-hybridized carbons (Fsp3) is 0. The molecule has 0 fully saturated rings. The van der Waals surface area contributed by atoms with E-state index in [4.69, 9.17) is 19.9 Å². The van der Waals surface area contributed by atoms with Crippen LogP contribution in [0, 0.1) is 0 Å². The number of fused-ring (bicyclic) bond motifs is 6. The van der Waals surface area contributed by atoms with E-state index < -0.39 is 16.1 Å². The van der Waals surface area contributed by atoms with Crippen molar-refractivity contribution in [3.05, 3.63) is 279 Å². The van der Waals surface area contributed by atoms with Crippen LogP contribution in [-0.4, -0.2) is 19.9 Å². The molecule has 76 heavy (non-hydrogen) atoms. The zero-order valence-corrected chi connectivity index (χ0v) is 42.9. The lowest BCUT2D eigenvalue weighted by molar-refractivity contribution is 1.15. The van der Waals surface area contributed by atoms with E-state index in [0.717, 1.165) is 56.7 Å². The summed E-state index contributed by atoms with van der Waals surface area (Å²) in [5, 5.41) is 4.96. The van der Waals surface area contributed by atoms with Crippen molar-refractivity contribution in [1.82, 2.24) is 19.9 Å². The Balaban J connectivity index is 1.01. The topological polar surface area (TPSA) is 58.0 Å². The third-order valence-corrected chi connectivity index (χ3v) is 19.2. The van der Waals surface area contributed by atoms with E-state index in [0.29, 0.717) is 11.6 Å². The van der Waals surface area contributed by atoms with Gasteiger partial charge in [0.2, 0.25) is 0 Å². The highest BCUT2D eigenvalue weighted by Gasteiger charge is 2.39. The highest BCUT2D eigenvalue weighted by molar-refractivity contribution is 7.76. The zero-order valence-electron chi connectivity index (χ0n) is 41.1. The first-order valence-corrected chi connectivity index (χ1v) is 28.1. The number of aromatic nitrogens is 4. The molecular formula is C68H46N6P2. The van der Waals surface area contributed by atoms with E-state index in [1.54, 1.807) is 0 Å². The van der Waals surface area contributed by atoms with Crippen molar-refractivity contribution in [2.45, 2.75) is 0 Å². The minimum absolute atomic E-state index is 0.677. The Kier molecular flexibility index (Phi) is 11.7. The van der Waals surface area contributed by atoms with Gasteiger partial charge in [0.1, 0.15) is 11.6 Å². The molecule has 14 rings (SSSR count). The third-order valence-electron chi connectivity index (χ3n) is 14.1. The molecule has 0 saturated carbocycles. The Morgan fingerprint density at radius 2 is 0.500 bits per heavy atom. The average Bonchev–Trinajstić information content (AvgIpc) is 3.60. The molecule has 358 valence electrons. The lowest BCUT2D eigenvalue weighted by atomic mass is 10.0. The molecule has 2 aromatic heterocycles. The number of rotatable bonds is 9. The van der Waals surface area contributed by atoms with Crippen LogP contribution < -0.4 is 30.6 Å². The summed E-state index contributed by atoms with van der Waals surface area (Å²) in [6.07, 6.45) is 0. The smallest absolute Gasteiger partial charge is 0.162 e. The summed E-state index contributed by atoms with van der Waals surface area (Å²) in [4.78, 5) is 21.6. The first-order valence-electron chi connectivity index (χ1n) is 25.5. The van der Waals surface area contributed by atoms with E-state index in [9.17, 15) is 0 Å². The molecule has 0 N–H and O–H groups in total. The first-order chi connectivity index (χ1) is 37.7. The van der Waals surface area contributed by atoms with Gasteiger partial charge in [-0.25, -0.2) is 19.9 Å². The van der Waals surface area contributed by atoms with Crippen molar-refractivity contribution in [2.24, 2.45) is 0 Å². The van der Waals surface area contributed by atoms with Crippen molar-refractivity contribution < 1.29 is 0 Å². The fourth-order valence-corrected chi connectivity index (χ4v) is 16.1. The van der Waals surface area contributed by atoms with Crippen LogP contribution in [0.25, 0.3) is 78.7 Å². The number of hydrogen-bond acceptors (Lipinski definition) is 6. The minimum atomic E-state index is -1.34. The average molecular weight is 1010 g/mol. The van der Waals surface area contributed by atoms with E-state index >= 15 is 0 Å². The van der Waals surface area contributed by atoms with Gasteiger partial charge in [0.15, 0.2) is 11.6 Å². The minimum Gasteiger partial charge on any atom is -0.296 e. The van der Waals surface area contributed by atoms with Gasteiger partial charge in [-0.2, -0.15) is 0 Å². The fourth-order valence-electron chi connectivity index (χ4n) is 10.7. The second kappa shape index (κ2) is 19.6. The van der Waals surface area contributed by atoms with Gasteiger partial charge in [-0.15, -0.1) is 0 Å². The summed E-state index contributed by atoms with van der Waals surface area (Å²) in [5.41, 5.74) is 15.0. The van der Waals surface area contributed by atoms with E-state index in [1.807, 2.05) is 12.1 Å². The largest absolute Gasteiger partial charge is 0.296 e. The molecule has 10 aromatic carbocycles. The number of anilines is 4. The first kappa shape index (κ1) is 45.4. The Bertz CT molecular complexity index is 3720. The Hall–Kier alpha value is -9.18. The van der Waals surface area contributed by atoms with Crippen molar-refractivity contribution in [1.29, 1.82) is 0 Å². The number of nitrogens with zero attached hydrogens (tertiary/aromatic N) is 6. The van der Waals surface area contributed by atoms with Gasteiger partial charge in [0.05, 0.1) is 38.9 Å². The normalized spacial score (nSPS) is 14.3. The van der Waals surface area contributed by atoms with Crippen LogP contribution in [0.3, 0.4) is 0 Å². The molecule has 0 bridgehead atoms. The second-order valence-electron chi connectivity index (χ2n) is 18.7. The van der Waals surface area contributed by atoms with E-state index in [1.165, 1.54) is 54.6 Å². The Morgan fingerprint density at radius 3 is 0.842 bits per heavy atom. The van der Waals surface area contributed by atoms with E-state index in [2.05, 4.69) is 276 Å². The molecule has 2 atom stereocenters. The van der Waals surface area contributed by atoms with Crippen molar-refractivity contribution in [3.8, 4) is 78.7 Å². The van der Waals surface area contributed by atoms with E-state index in [-0.39, 0.29) is 0 Å². The second-order valence-corrected chi connectivity index (χ2v) is 22.7. The standard InChI is InChI=1S/C68H46N6P2/c1-5-25-47(26-6-1)57-45-65(71-67(69-57)49-29-9-3-10-30-49)73-59-39-19-13-33-51(59)53-35-15-21-41-61(53)75(73)63-43-23-17-37-55(63)56-38-18-24-44-64(56)76-62-42-22-16-36-54(62)52-34-14-20-40-60(52)74(76)66-46-58(48-27-7-2-8-28-48)70-68(72-66)50-31-11-4-12-32-50/h1-46H. The summed E-state index contributed by atoms with van der Waals surface area (Å²) >= 11 is 0. The number of benzene rings is 10. The van der Waals surface area contributed by atoms with Crippen molar-refractivity contribution in [3.63, 3.8) is 0 Å². The maximum atomic E-state index is 5.56. The van der Waals surface area contributed by atoms with Gasteiger partial charge in [-0.05, 0) is 34.4 Å². The molecule has 2 aliphatic heterocycles. The SMILES string of the molecule is c1ccc(-c2cc(N3c4ccccc4-c4ccccc4P3c3ccccc3-c3ccccc3P3c4ccccc4-c4ccccc4N3c3cc(-c4ccccc4)nc(-c4ccccc4)n3)nc(-c3ccccc3)n2)cc1. The molecule has 0 radical (unpaired) electrons. The molecular weight excluding hydrogens is 963 g/mol. The van der Waals surface area contributed by atoms with Gasteiger partial charge < -0.3 is 0 Å². The number of para-hydroxylation sites is 2. The maximum absolute atomic E-state index is 5.56. The Labute approximate surface area is 445 Å². The van der Waals surface area contributed by atoms with Crippen LogP contribution in [0.2, 0.25) is 0 Å². The summed E-state index contributed by atoms with van der Waals surface area (Å²) < 4.78 is 5.05. The van der Waals surface area contributed by atoms with Gasteiger partial charge in [-0.1, -0.05) is 255 Å². The van der Waals surface area contributed by atoms with Crippen LogP contribution in [0.5, 0.6) is 0 Å². The Morgan fingerprint density at radius 1 is 0.237 bits per heavy atom. The quantitative estimate of drug-likeness (QED) is 0.134. The van der Waals surface area contributed by atoms with Gasteiger partial charge in [0.25, 0.3) is 0 Å². The summed E-state index contributed by atoms with van der Waals surface area (Å²) in [6, 6.07) is 99.8. The molecule has 8 heteroatoms. The van der Waals surface area contributed by atoms with Crippen LogP contribution >= 0.6 is 16.1 Å². The predicted octanol–water partition coefficient (Wildman–Crippen LogP) is 15.9. The molecule has 12 aromatic rings. The molecule has 4 heterocycles. The zero-order chi connectivity index (χ0) is 50.4. The third kappa shape index (κ3) is 8.07. The highest BCUT2D eigenvalue weighted by atomic mass is 31.1. The highest BCUT2D eigenvalue weighted by Crippen LogP contribution is 2.59. The lowest BCUT2D eigenvalue weighted by Gasteiger charge is -2.41. The van der Waals surface area contributed by atoms with Crippen molar-refractivity contribution >= 4 is 60.4 Å². The van der Waals surface area contributed by atoms with Crippen molar-refractivity contribution in [2.75, 3.05) is 9.34 Å². The van der Waals surface area contributed by atoms with Crippen LogP contribution in [0.1, 0.15) is 0 Å². The molecule has 2 aliphatic rings. The molecule has 0 spiro atoms. The summed E-state index contributed by atoms with van der Waals surface area (Å²) in [6.45, 7) is 0. The maximum Gasteiger partial charge on any atom is 0.162 e. The molecule has 2 unspecified atom stereocenters. The summed E-state index contributed by atoms with van der Waals surface area (Å²) in [7, 11) is -2.68. The van der Waals surface area contributed by atoms with Crippen LogP contribution in [0.15, 0.2) is 279 Å². The molecule has 0 amide bonds. The van der Waals surface area contributed by atoms with Gasteiger partial charge in [0, 0.05) is 66.7 Å². The van der Waals surface area contributed by atoms with Crippen LogP contribution in [-0.2, 0) is 0 Å². The van der Waals surface area contributed by atoms with Crippen LogP contribution in [0.4, 0.5) is 23.0 Å². The lowest BCUT2D eigenvalue weighted by Crippen LogP contribution is -2.33. The molecule has 0 aliphatic carbocycles. The number of hydrogen-bond donors (Lipinski definition) is 0. The monoisotopic (exact) mass is 1010 g/mol. The summed E-state index contributed by atoms with van der Waals surface area (Å²) in [5.74, 6) is 3.03. The van der Waals surface area contributed by atoms with Gasteiger partial charge >= 0.3 is 0 Å². The molecule has 0 saturated heterocycles. The predicted molar refractivity (Wildman–Crippen MR) is 318 cm³/mol. The van der Waals surface area contributed by atoms with Gasteiger partial charge in [-0.3, -0.25) is 9.34 Å². The molecule has 6 nitrogen and oxygen atoms in total.